The van der Waals surface area contributed by atoms with Crippen molar-refractivity contribution in [3.05, 3.63) is 29.8 Å². The van der Waals surface area contributed by atoms with Gasteiger partial charge in [-0.1, -0.05) is 6.07 Å². The van der Waals surface area contributed by atoms with Crippen LogP contribution in [0.3, 0.4) is 0 Å². The van der Waals surface area contributed by atoms with Crippen molar-refractivity contribution in [3.63, 3.8) is 0 Å². The van der Waals surface area contributed by atoms with E-state index in [1.165, 1.54) is 0 Å². The van der Waals surface area contributed by atoms with Crippen LogP contribution in [-0.4, -0.2) is 44.0 Å². The summed E-state index contributed by atoms with van der Waals surface area (Å²) in [6, 6.07) is 7.85. The van der Waals surface area contributed by atoms with Gasteiger partial charge in [-0.05, 0) is 31.0 Å². The molecular weight excluding hydrogens is 226 g/mol. The van der Waals surface area contributed by atoms with Gasteiger partial charge in [0.05, 0.1) is 0 Å². The van der Waals surface area contributed by atoms with Gasteiger partial charge in [-0.3, -0.25) is 4.79 Å². The molecule has 1 heterocycles. The summed E-state index contributed by atoms with van der Waals surface area (Å²) < 4.78 is 0. The average molecular weight is 247 g/mol. The highest BCUT2D eigenvalue weighted by molar-refractivity contribution is 5.95. The molecule has 18 heavy (non-hydrogen) atoms. The number of carbonyl (C=O) groups excluding carboxylic acids is 1. The second-order valence-electron chi connectivity index (χ2n) is 5.10. The smallest absolute Gasteiger partial charge is 0.253 e. The molecule has 1 aromatic rings. The van der Waals surface area contributed by atoms with Gasteiger partial charge in [-0.25, -0.2) is 0 Å². The van der Waals surface area contributed by atoms with E-state index in [0.717, 1.165) is 30.6 Å². The number of amides is 1. The van der Waals surface area contributed by atoms with Crippen LogP contribution in [-0.2, 0) is 0 Å². The molecular formula is C14H21N3O. The van der Waals surface area contributed by atoms with E-state index in [0.29, 0.717) is 6.54 Å². The number of carbonyl (C=O) groups is 1. The predicted octanol–water partition coefficient (Wildman–Crippen LogP) is 1.32. The van der Waals surface area contributed by atoms with Crippen LogP contribution in [0.15, 0.2) is 24.3 Å². The normalized spacial score (nSPS) is 19.7. The lowest BCUT2D eigenvalue weighted by Crippen LogP contribution is -2.45. The van der Waals surface area contributed by atoms with E-state index in [2.05, 4.69) is 0 Å². The Morgan fingerprint density at radius 2 is 2.22 bits per heavy atom. The summed E-state index contributed by atoms with van der Waals surface area (Å²) in [6.45, 7) is 1.49. The molecule has 1 unspecified atom stereocenters. The largest absolute Gasteiger partial charge is 0.378 e. The fourth-order valence-electron chi connectivity index (χ4n) is 2.29. The van der Waals surface area contributed by atoms with Crippen LogP contribution in [0.5, 0.6) is 0 Å². The lowest BCUT2D eigenvalue weighted by atomic mass is 10.1. The lowest BCUT2D eigenvalue weighted by Gasteiger charge is -2.31. The van der Waals surface area contributed by atoms with E-state index in [4.69, 9.17) is 5.73 Å². The molecule has 0 spiro atoms. The van der Waals surface area contributed by atoms with Crippen LogP contribution in [0.1, 0.15) is 23.2 Å². The third-order valence-electron chi connectivity index (χ3n) is 3.35. The molecule has 0 aromatic heterocycles. The minimum Gasteiger partial charge on any atom is -0.378 e. The number of piperidine rings is 1. The minimum absolute atomic E-state index is 0.0915. The Morgan fingerprint density at radius 3 is 2.89 bits per heavy atom. The van der Waals surface area contributed by atoms with Crippen molar-refractivity contribution in [2.75, 3.05) is 32.1 Å². The number of nitrogens with two attached hydrogens (primary N) is 1. The molecule has 1 atom stereocenters. The van der Waals surface area contributed by atoms with Crippen molar-refractivity contribution < 1.29 is 4.79 Å². The molecule has 1 saturated heterocycles. The molecule has 4 nitrogen and oxygen atoms in total. The second kappa shape index (κ2) is 5.40. The molecule has 0 saturated carbocycles. The topological polar surface area (TPSA) is 49.6 Å². The van der Waals surface area contributed by atoms with Gasteiger partial charge in [0.25, 0.3) is 5.91 Å². The molecule has 1 aromatic carbocycles. The summed E-state index contributed by atoms with van der Waals surface area (Å²) in [4.78, 5) is 16.2. The van der Waals surface area contributed by atoms with Gasteiger partial charge < -0.3 is 15.5 Å². The molecule has 1 fully saturated rings. The Bertz CT molecular complexity index is 431. The van der Waals surface area contributed by atoms with Gasteiger partial charge in [0.2, 0.25) is 0 Å². The van der Waals surface area contributed by atoms with Gasteiger partial charge in [0, 0.05) is 44.5 Å². The fourth-order valence-corrected chi connectivity index (χ4v) is 2.29. The van der Waals surface area contributed by atoms with Crippen molar-refractivity contribution in [1.82, 2.24) is 4.90 Å². The molecule has 1 aliphatic heterocycles. The Hall–Kier alpha value is -1.55. The molecule has 0 bridgehead atoms. The van der Waals surface area contributed by atoms with E-state index in [9.17, 15) is 4.79 Å². The van der Waals surface area contributed by atoms with Crippen LogP contribution in [0.25, 0.3) is 0 Å². The zero-order chi connectivity index (χ0) is 13.1. The summed E-state index contributed by atoms with van der Waals surface area (Å²) in [5, 5.41) is 0. The van der Waals surface area contributed by atoms with Crippen molar-refractivity contribution in [1.29, 1.82) is 0 Å². The summed E-state index contributed by atoms with van der Waals surface area (Å²) >= 11 is 0. The van der Waals surface area contributed by atoms with Gasteiger partial charge >= 0.3 is 0 Å². The maximum atomic E-state index is 12.4. The predicted molar refractivity (Wildman–Crippen MR) is 73.9 cm³/mol. The first kappa shape index (κ1) is 12.9. The number of nitrogens with zero attached hydrogens (tertiary/aromatic N) is 2. The number of hydrogen-bond acceptors (Lipinski definition) is 3. The number of anilines is 1. The minimum atomic E-state index is 0.0915. The number of hydrogen-bond donors (Lipinski definition) is 1. The Balaban J connectivity index is 2.15. The summed E-state index contributed by atoms with van der Waals surface area (Å²) in [5.74, 6) is 0.0915. The average Bonchev–Trinajstić information content (AvgIpc) is 2.38. The van der Waals surface area contributed by atoms with Gasteiger partial charge in [0.15, 0.2) is 0 Å². The quantitative estimate of drug-likeness (QED) is 0.857. The zero-order valence-corrected chi connectivity index (χ0v) is 11.1. The third-order valence-corrected chi connectivity index (χ3v) is 3.35. The molecule has 0 radical (unpaired) electrons. The van der Waals surface area contributed by atoms with Crippen LogP contribution in [0, 0.1) is 0 Å². The van der Waals surface area contributed by atoms with Crippen molar-refractivity contribution in [3.8, 4) is 0 Å². The fraction of sp³-hybridized carbons (Fsp3) is 0.500. The lowest BCUT2D eigenvalue weighted by molar-refractivity contribution is 0.0709. The van der Waals surface area contributed by atoms with Crippen LogP contribution in [0.4, 0.5) is 5.69 Å². The molecule has 2 rings (SSSR count). The van der Waals surface area contributed by atoms with Crippen LogP contribution >= 0.6 is 0 Å². The SMILES string of the molecule is CN(C)c1cccc(C(=O)N2CCCC(N)C2)c1. The maximum Gasteiger partial charge on any atom is 0.253 e. The molecule has 2 N–H and O–H groups in total. The summed E-state index contributed by atoms with van der Waals surface area (Å²) in [7, 11) is 3.95. The van der Waals surface area contributed by atoms with Crippen molar-refractivity contribution in [2.24, 2.45) is 5.73 Å². The van der Waals surface area contributed by atoms with Crippen molar-refractivity contribution >= 4 is 11.6 Å². The first-order valence-electron chi connectivity index (χ1n) is 6.40. The van der Waals surface area contributed by atoms with E-state index in [1.807, 2.05) is 48.2 Å². The van der Waals surface area contributed by atoms with E-state index < -0.39 is 0 Å². The Kier molecular flexibility index (Phi) is 3.87. The first-order chi connectivity index (χ1) is 8.58. The van der Waals surface area contributed by atoms with Crippen LogP contribution < -0.4 is 10.6 Å². The summed E-state index contributed by atoms with van der Waals surface area (Å²) in [6.07, 6.45) is 2.02. The number of rotatable bonds is 2. The molecule has 4 heteroatoms. The molecule has 98 valence electrons. The van der Waals surface area contributed by atoms with Crippen LogP contribution in [0.2, 0.25) is 0 Å². The standard InChI is InChI=1S/C14H21N3O/c1-16(2)13-7-3-5-11(9-13)14(18)17-8-4-6-12(15)10-17/h3,5,7,9,12H,4,6,8,10,15H2,1-2H3. The Labute approximate surface area is 108 Å². The number of benzene rings is 1. The van der Waals surface area contributed by atoms with Crippen molar-refractivity contribution in [2.45, 2.75) is 18.9 Å². The van der Waals surface area contributed by atoms with Gasteiger partial charge in [-0.2, -0.15) is 0 Å². The molecule has 1 amide bonds. The highest BCUT2D eigenvalue weighted by Gasteiger charge is 2.22. The Morgan fingerprint density at radius 1 is 1.44 bits per heavy atom. The first-order valence-corrected chi connectivity index (χ1v) is 6.40. The van der Waals surface area contributed by atoms with E-state index >= 15 is 0 Å². The van der Waals surface area contributed by atoms with E-state index in [1.54, 1.807) is 0 Å². The van der Waals surface area contributed by atoms with Gasteiger partial charge in [0.1, 0.15) is 0 Å². The van der Waals surface area contributed by atoms with E-state index in [-0.39, 0.29) is 11.9 Å². The highest BCUT2D eigenvalue weighted by Crippen LogP contribution is 2.17. The molecule has 1 aliphatic rings. The summed E-state index contributed by atoms with van der Waals surface area (Å²) in [5.41, 5.74) is 7.71. The third kappa shape index (κ3) is 2.82. The monoisotopic (exact) mass is 247 g/mol. The maximum absolute atomic E-state index is 12.4. The molecule has 0 aliphatic carbocycles. The highest BCUT2D eigenvalue weighted by atomic mass is 16.2. The second-order valence-corrected chi connectivity index (χ2v) is 5.10. The number of likely N-dealkylation sites (tertiary alicyclic amines) is 1. The zero-order valence-electron chi connectivity index (χ0n) is 11.1. The van der Waals surface area contributed by atoms with Gasteiger partial charge in [-0.15, -0.1) is 0 Å².